The van der Waals surface area contributed by atoms with Crippen LogP contribution in [-0.2, 0) is 16.1 Å². The summed E-state index contributed by atoms with van der Waals surface area (Å²) in [4.78, 5) is 32.4. The van der Waals surface area contributed by atoms with Gasteiger partial charge in [0.1, 0.15) is 12.6 Å². The third-order valence-electron chi connectivity index (χ3n) is 6.59. The van der Waals surface area contributed by atoms with E-state index in [1.165, 1.54) is 15.9 Å². The van der Waals surface area contributed by atoms with Gasteiger partial charge in [-0.05, 0) is 68.7 Å². The number of allylic oxidation sites excluding steroid dienone is 1. The van der Waals surface area contributed by atoms with Crippen molar-refractivity contribution in [1.82, 2.24) is 4.57 Å². The molecule has 0 saturated carbocycles. The predicted molar refractivity (Wildman–Crippen MR) is 165 cm³/mol. The number of ether oxygens (including phenoxy) is 3. The number of carbonyl (C=O) groups excluding carboxylic acids is 1. The van der Waals surface area contributed by atoms with Crippen LogP contribution >= 0.6 is 22.9 Å². The van der Waals surface area contributed by atoms with Crippen LogP contribution in [0, 0.1) is 0 Å². The van der Waals surface area contributed by atoms with Gasteiger partial charge in [0.15, 0.2) is 16.3 Å². The molecule has 7 nitrogen and oxygen atoms in total. The molecule has 0 saturated heterocycles. The molecule has 0 N–H and O–H groups in total. The zero-order valence-corrected chi connectivity index (χ0v) is 25.4. The minimum absolute atomic E-state index is 0.284. The standard InChI is InChI=1S/C33H31ClN2O5S/c1-5-39-27-17-23(15-16-26(27)40-19-22-11-7-6-8-12-22)18-28-31(37)36-30(24-13-9-10-14-25(24)34)29(32(38)41-20(2)3)21(4)35-33(36)42-28/h6-18,20,30H,5,19H2,1-4H3. The highest BCUT2D eigenvalue weighted by atomic mass is 35.5. The average Bonchev–Trinajstić information content (AvgIpc) is 3.26. The lowest BCUT2D eigenvalue weighted by Crippen LogP contribution is -2.40. The summed E-state index contributed by atoms with van der Waals surface area (Å²) >= 11 is 7.86. The molecule has 1 aliphatic rings. The summed E-state index contributed by atoms with van der Waals surface area (Å²) < 4.78 is 19.5. The van der Waals surface area contributed by atoms with Gasteiger partial charge in [0.25, 0.3) is 5.56 Å². The zero-order chi connectivity index (χ0) is 29.8. The van der Waals surface area contributed by atoms with Gasteiger partial charge in [-0.3, -0.25) is 9.36 Å². The molecule has 5 rings (SSSR count). The monoisotopic (exact) mass is 602 g/mol. The van der Waals surface area contributed by atoms with Crippen LogP contribution in [0.3, 0.4) is 0 Å². The number of esters is 1. The second-order valence-corrected chi connectivity index (χ2v) is 11.4. The highest BCUT2D eigenvalue weighted by Gasteiger charge is 2.34. The minimum Gasteiger partial charge on any atom is -0.490 e. The summed E-state index contributed by atoms with van der Waals surface area (Å²) in [6.45, 7) is 8.08. The van der Waals surface area contributed by atoms with Crippen LogP contribution in [0.15, 0.2) is 93.9 Å². The molecule has 0 amide bonds. The maximum atomic E-state index is 14.0. The first kappa shape index (κ1) is 29.4. The predicted octanol–water partition coefficient (Wildman–Crippen LogP) is 5.82. The molecule has 0 radical (unpaired) electrons. The summed E-state index contributed by atoms with van der Waals surface area (Å²) in [6, 6.07) is 21.9. The molecular weight excluding hydrogens is 572 g/mol. The average molecular weight is 603 g/mol. The van der Waals surface area contributed by atoms with Crippen molar-refractivity contribution in [2.24, 2.45) is 4.99 Å². The van der Waals surface area contributed by atoms with Gasteiger partial charge in [-0.15, -0.1) is 0 Å². The molecule has 42 heavy (non-hydrogen) atoms. The largest absolute Gasteiger partial charge is 0.490 e. The van der Waals surface area contributed by atoms with E-state index < -0.39 is 12.0 Å². The van der Waals surface area contributed by atoms with Crippen LogP contribution < -0.4 is 24.4 Å². The number of hydrogen-bond acceptors (Lipinski definition) is 7. The van der Waals surface area contributed by atoms with Gasteiger partial charge in [-0.2, -0.15) is 0 Å². The van der Waals surface area contributed by atoms with E-state index in [1.807, 2.05) is 67.6 Å². The third-order valence-corrected chi connectivity index (χ3v) is 7.91. The quantitative estimate of drug-likeness (QED) is 0.226. The third kappa shape index (κ3) is 6.20. The summed E-state index contributed by atoms with van der Waals surface area (Å²) in [5.41, 5.74) is 2.92. The smallest absolute Gasteiger partial charge is 0.338 e. The molecule has 3 aromatic carbocycles. The van der Waals surface area contributed by atoms with Crippen LogP contribution in [0.25, 0.3) is 6.08 Å². The fourth-order valence-electron chi connectivity index (χ4n) is 4.74. The number of rotatable bonds is 9. The number of thiazole rings is 1. The molecule has 1 unspecified atom stereocenters. The number of carbonyl (C=O) groups is 1. The second-order valence-electron chi connectivity index (χ2n) is 9.97. The normalized spacial score (nSPS) is 14.9. The van der Waals surface area contributed by atoms with E-state index >= 15 is 0 Å². The minimum atomic E-state index is -0.781. The van der Waals surface area contributed by atoms with E-state index in [0.717, 1.165) is 11.1 Å². The van der Waals surface area contributed by atoms with Crippen molar-refractivity contribution in [3.05, 3.63) is 125 Å². The van der Waals surface area contributed by atoms with Crippen LogP contribution in [0.2, 0.25) is 5.02 Å². The first-order valence-corrected chi connectivity index (χ1v) is 14.9. The molecule has 9 heteroatoms. The van der Waals surface area contributed by atoms with Crippen molar-refractivity contribution in [3.8, 4) is 11.5 Å². The van der Waals surface area contributed by atoms with E-state index in [4.69, 9.17) is 25.8 Å². The number of fused-ring (bicyclic) bond motifs is 1. The fourth-order valence-corrected chi connectivity index (χ4v) is 6.03. The van der Waals surface area contributed by atoms with E-state index in [2.05, 4.69) is 4.99 Å². The lowest BCUT2D eigenvalue weighted by atomic mass is 9.96. The molecule has 2 heterocycles. The molecule has 0 bridgehead atoms. The Labute approximate surface area is 253 Å². The molecule has 216 valence electrons. The summed E-state index contributed by atoms with van der Waals surface area (Å²) in [6.07, 6.45) is 1.45. The van der Waals surface area contributed by atoms with E-state index in [9.17, 15) is 9.59 Å². The Morgan fingerprint density at radius 1 is 1.05 bits per heavy atom. The summed E-state index contributed by atoms with van der Waals surface area (Å²) in [7, 11) is 0. The van der Waals surface area contributed by atoms with Gasteiger partial charge >= 0.3 is 5.97 Å². The van der Waals surface area contributed by atoms with Crippen LogP contribution in [0.5, 0.6) is 11.5 Å². The van der Waals surface area contributed by atoms with E-state index in [1.54, 1.807) is 39.0 Å². The van der Waals surface area contributed by atoms with E-state index in [0.29, 0.717) is 50.3 Å². The second kappa shape index (κ2) is 12.8. The molecule has 0 spiro atoms. The number of benzene rings is 3. The zero-order valence-electron chi connectivity index (χ0n) is 23.8. The first-order chi connectivity index (χ1) is 20.3. The molecular formula is C33H31ClN2O5S. The van der Waals surface area contributed by atoms with Crippen molar-refractivity contribution >= 4 is 35.0 Å². The number of aromatic nitrogens is 1. The fraction of sp³-hybridized carbons (Fsp3) is 0.242. The molecule has 1 atom stereocenters. The Kier molecular flexibility index (Phi) is 8.94. The molecule has 0 aliphatic carbocycles. The van der Waals surface area contributed by atoms with Crippen molar-refractivity contribution < 1.29 is 19.0 Å². The Morgan fingerprint density at radius 3 is 2.50 bits per heavy atom. The van der Waals surface area contributed by atoms with Crippen molar-refractivity contribution in [2.45, 2.75) is 46.4 Å². The molecule has 1 aromatic heterocycles. The lowest BCUT2D eigenvalue weighted by molar-refractivity contribution is -0.143. The maximum Gasteiger partial charge on any atom is 0.338 e. The van der Waals surface area contributed by atoms with Gasteiger partial charge in [-0.25, -0.2) is 9.79 Å². The van der Waals surface area contributed by atoms with Gasteiger partial charge in [0.05, 0.1) is 28.5 Å². The highest BCUT2D eigenvalue weighted by Crippen LogP contribution is 2.35. The van der Waals surface area contributed by atoms with E-state index in [-0.39, 0.29) is 17.2 Å². The van der Waals surface area contributed by atoms with Gasteiger partial charge in [0, 0.05) is 5.02 Å². The lowest BCUT2D eigenvalue weighted by Gasteiger charge is -2.26. The van der Waals surface area contributed by atoms with Gasteiger partial charge in [0.2, 0.25) is 0 Å². The topological polar surface area (TPSA) is 79.1 Å². The summed E-state index contributed by atoms with van der Waals surface area (Å²) in [5.74, 6) is 0.665. The van der Waals surface area contributed by atoms with Crippen molar-refractivity contribution in [2.75, 3.05) is 6.61 Å². The van der Waals surface area contributed by atoms with Crippen LogP contribution in [0.1, 0.15) is 50.4 Å². The molecule has 0 fully saturated rings. The van der Waals surface area contributed by atoms with Crippen LogP contribution in [-0.4, -0.2) is 23.2 Å². The Bertz CT molecular complexity index is 1830. The van der Waals surface area contributed by atoms with Crippen molar-refractivity contribution in [3.63, 3.8) is 0 Å². The highest BCUT2D eigenvalue weighted by molar-refractivity contribution is 7.07. The number of halogens is 1. The molecule has 4 aromatic rings. The Morgan fingerprint density at radius 2 is 1.79 bits per heavy atom. The van der Waals surface area contributed by atoms with Gasteiger partial charge < -0.3 is 14.2 Å². The van der Waals surface area contributed by atoms with Crippen LogP contribution in [0.4, 0.5) is 0 Å². The SMILES string of the molecule is CCOc1cc(C=c2sc3n(c2=O)C(c2ccccc2Cl)C(C(=O)OC(C)C)=C(C)N=3)ccc1OCc1ccccc1. The maximum absolute atomic E-state index is 14.0. The first-order valence-electron chi connectivity index (χ1n) is 13.7. The van der Waals surface area contributed by atoms with Crippen molar-refractivity contribution in [1.29, 1.82) is 0 Å². The Hall–Kier alpha value is -4.14. The Balaban J connectivity index is 1.57. The molecule has 1 aliphatic heterocycles. The summed E-state index contributed by atoms with van der Waals surface area (Å²) in [5, 5.41) is 0.439. The van der Waals surface area contributed by atoms with Gasteiger partial charge in [-0.1, -0.05) is 77.5 Å². The number of hydrogen-bond donors (Lipinski definition) is 0. The number of nitrogens with zero attached hydrogens (tertiary/aromatic N) is 2.